The van der Waals surface area contributed by atoms with Gasteiger partial charge in [-0.25, -0.2) is 0 Å². The molecule has 0 aliphatic carbocycles. The van der Waals surface area contributed by atoms with E-state index in [9.17, 15) is 4.79 Å². The van der Waals surface area contributed by atoms with E-state index in [0.717, 1.165) is 0 Å². The SMILES string of the molecule is CC(C)OC(=O)C(C)(C)CSCC(O)CO. The van der Waals surface area contributed by atoms with Gasteiger partial charge < -0.3 is 14.9 Å². The van der Waals surface area contributed by atoms with Crippen LogP contribution in [0.3, 0.4) is 0 Å². The number of rotatable bonds is 7. The Bertz CT molecular complexity index is 216. The quantitative estimate of drug-likeness (QED) is 0.661. The first-order valence-electron chi connectivity index (χ1n) is 5.37. The van der Waals surface area contributed by atoms with Gasteiger partial charge >= 0.3 is 5.97 Å². The van der Waals surface area contributed by atoms with E-state index < -0.39 is 11.5 Å². The number of carbonyl (C=O) groups is 1. The Labute approximate surface area is 101 Å². The number of aliphatic hydroxyl groups excluding tert-OH is 2. The molecule has 0 saturated carbocycles. The molecule has 0 bridgehead atoms. The lowest BCUT2D eigenvalue weighted by molar-refractivity contribution is -0.156. The summed E-state index contributed by atoms with van der Waals surface area (Å²) in [5.41, 5.74) is -0.565. The normalized spacial score (nSPS) is 13.9. The van der Waals surface area contributed by atoms with Crippen LogP contribution < -0.4 is 0 Å². The Hall–Kier alpha value is -0.260. The highest BCUT2D eigenvalue weighted by molar-refractivity contribution is 7.99. The molecule has 0 aliphatic rings. The number of aliphatic hydroxyl groups is 2. The van der Waals surface area contributed by atoms with E-state index in [1.165, 1.54) is 11.8 Å². The number of ether oxygens (including phenoxy) is 1. The van der Waals surface area contributed by atoms with Crippen LogP contribution in [0.2, 0.25) is 0 Å². The van der Waals surface area contributed by atoms with Gasteiger partial charge in [0.25, 0.3) is 0 Å². The van der Waals surface area contributed by atoms with Crippen molar-refractivity contribution in [2.24, 2.45) is 5.41 Å². The third kappa shape index (κ3) is 6.35. The average Bonchev–Trinajstić information content (AvgIpc) is 2.16. The lowest BCUT2D eigenvalue weighted by atomic mass is 9.97. The van der Waals surface area contributed by atoms with Gasteiger partial charge in [0.15, 0.2) is 0 Å². The lowest BCUT2D eigenvalue weighted by Gasteiger charge is -2.23. The first kappa shape index (κ1) is 15.7. The minimum Gasteiger partial charge on any atom is -0.463 e. The predicted molar refractivity (Wildman–Crippen MR) is 65.4 cm³/mol. The molecule has 0 aromatic carbocycles. The van der Waals surface area contributed by atoms with Crippen LogP contribution in [0, 0.1) is 5.41 Å². The Morgan fingerprint density at radius 3 is 2.44 bits per heavy atom. The molecule has 0 aromatic heterocycles. The fourth-order valence-corrected chi connectivity index (χ4v) is 2.06. The van der Waals surface area contributed by atoms with E-state index in [2.05, 4.69) is 0 Å². The van der Waals surface area contributed by atoms with Crippen molar-refractivity contribution in [3.8, 4) is 0 Å². The molecule has 5 heteroatoms. The van der Waals surface area contributed by atoms with Gasteiger partial charge in [0.1, 0.15) is 0 Å². The van der Waals surface area contributed by atoms with E-state index in [1.54, 1.807) is 0 Å². The Kier molecular flexibility index (Phi) is 7.03. The number of hydrogen-bond donors (Lipinski definition) is 2. The van der Waals surface area contributed by atoms with Gasteiger partial charge in [0, 0.05) is 11.5 Å². The summed E-state index contributed by atoms with van der Waals surface area (Å²) in [7, 11) is 0. The van der Waals surface area contributed by atoms with Crippen LogP contribution in [0.1, 0.15) is 27.7 Å². The van der Waals surface area contributed by atoms with Gasteiger partial charge in [-0.15, -0.1) is 0 Å². The molecule has 0 radical (unpaired) electrons. The Balaban J connectivity index is 3.99. The molecule has 0 heterocycles. The highest BCUT2D eigenvalue weighted by Gasteiger charge is 2.30. The zero-order chi connectivity index (χ0) is 12.8. The molecule has 0 amide bonds. The van der Waals surface area contributed by atoms with Gasteiger partial charge in [-0.05, 0) is 27.7 Å². The van der Waals surface area contributed by atoms with E-state index in [1.807, 2.05) is 27.7 Å². The van der Waals surface area contributed by atoms with Gasteiger partial charge in [-0.2, -0.15) is 11.8 Å². The van der Waals surface area contributed by atoms with E-state index in [0.29, 0.717) is 11.5 Å². The van der Waals surface area contributed by atoms with Crippen molar-refractivity contribution < 1.29 is 19.7 Å². The largest absolute Gasteiger partial charge is 0.463 e. The third-order valence-electron chi connectivity index (χ3n) is 1.88. The van der Waals surface area contributed by atoms with Gasteiger partial charge in [0.2, 0.25) is 0 Å². The molecule has 1 atom stereocenters. The molecule has 4 nitrogen and oxygen atoms in total. The zero-order valence-corrected chi connectivity index (χ0v) is 11.2. The Morgan fingerprint density at radius 2 is 2.00 bits per heavy atom. The van der Waals surface area contributed by atoms with Crippen molar-refractivity contribution in [3.05, 3.63) is 0 Å². The summed E-state index contributed by atoms with van der Waals surface area (Å²) >= 11 is 1.44. The van der Waals surface area contributed by atoms with Crippen molar-refractivity contribution in [2.75, 3.05) is 18.1 Å². The molecule has 0 aromatic rings. The summed E-state index contributed by atoms with van der Waals surface area (Å²) in [6.45, 7) is 7.02. The second-order valence-electron chi connectivity index (χ2n) is 4.69. The standard InChI is InChI=1S/C11H22O4S/c1-8(2)15-10(14)11(3,4)7-16-6-9(13)5-12/h8-9,12-13H,5-7H2,1-4H3. The van der Waals surface area contributed by atoms with Crippen LogP contribution >= 0.6 is 11.8 Å². The number of esters is 1. The van der Waals surface area contributed by atoms with Gasteiger partial charge in [-0.1, -0.05) is 0 Å². The maximum Gasteiger partial charge on any atom is 0.312 e. The fourth-order valence-electron chi connectivity index (χ4n) is 0.935. The van der Waals surface area contributed by atoms with Crippen LogP contribution in [0.4, 0.5) is 0 Å². The maximum atomic E-state index is 11.7. The molecule has 0 fully saturated rings. The monoisotopic (exact) mass is 250 g/mol. The van der Waals surface area contributed by atoms with Crippen LogP contribution in [0.25, 0.3) is 0 Å². The summed E-state index contributed by atoms with van der Waals surface area (Å²) in [6.07, 6.45) is -0.832. The molecule has 1 unspecified atom stereocenters. The van der Waals surface area contributed by atoms with E-state index in [4.69, 9.17) is 14.9 Å². The Morgan fingerprint density at radius 1 is 1.44 bits per heavy atom. The first-order valence-corrected chi connectivity index (χ1v) is 6.53. The summed E-state index contributed by atoms with van der Waals surface area (Å²) in [5, 5.41) is 17.8. The maximum absolute atomic E-state index is 11.7. The topological polar surface area (TPSA) is 66.8 Å². The molecule has 0 aliphatic heterocycles. The van der Waals surface area contributed by atoms with Crippen LogP contribution in [0.5, 0.6) is 0 Å². The number of carbonyl (C=O) groups excluding carboxylic acids is 1. The summed E-state index contributed by atoms with van der Waals surface area (Å²) in [5.74, 6) is 0.762. The van der Waals surface area contributed by atoms with E-state index in [-0.39, 0.29) is 18.7 Å². The summed E-state index contributed by atoms with van der Waals surface area (Å²) in [6, 6.07) is 0. The van der Waals surface area contributed by atoms with Crippen LogP contribution in [-0.2, 0) is 9.53 Å². The summed E-state index contributed by atoms with van der Waals surface area (Å²) in [4.78, 5) is 11.7. The van der Waals surface area contributed by atoms with E-state index >= 15 is 0 Å². The molecule has 0 rings (SSSR count). The second-order valence-corrected chi connectivity index (χ2v) is 5.72. The van der Waals surface area contributed by atoms with Gasteiger partial charge in [-0.3, -0.25) is 4.79 Å². The van der Waals surface area contributed by atoms with Crippen molar-refractivity contribution in [1.82, 2.24) is 0 Å². The molecule has 16 heavy (non-hydrogen) atoms. The van der Waals surface area contributed by atoms with Crippen molar-refractivity contribution >= 4 is 17.7 Å². The summed E-state index contributed by atoms with van der Waals surface area (Å²) < 4.78 is 5.13. The first-order chi connectivity index (χ1) is 7.29. The zero-order valence-electron chi connectivity index (χ0n) is 10.4. The fraction of sp³-hybridized carbons (Fsp3) is 0.909. The number of thioether (sulfide) groups is 1. The molecular formula is C11H22O4S. The predicted octanol–water partition coefficient (Wildman–Crippen LogP) is 1.05. The van der Waals surface area contributed by atoms with Crippen molar-refractivity contribution in [3.63, 3.8) is 0 Å². The molecule has 0 saturated heterocycles. The van der Waals surface area contributed by atoms with Crippen LogP contribution in [0.15, 0.2) is 0 Å². The molecule has 96 valence electrons. The smallest absolute Gasteiger partial charge is 0.312 e. The van der Waals surface area contributed by atoms with Crippen molar-refractivity contribution in [1.29, 1.82) is 0 Å². The average molecular weight is 250 g/mol. The molecule has 2 N–H and O–H groups in total. The minimum absolute atomic E-state index is 0.111. The van der Waals surface area contributed by atoms with Crippen molar-refractivity contribution in [2.45, 2.75) is 39.9 Å². The lowest BCUT2D eigenvalue weighted by Crippen LogP contribution is -2.31. The second kappa shape index (κ2) is 7.14. The number of hydrogen-bond acceptors (Lipinski definition) is 5. The third-order valence-corrected chi connectivity index (χ3v) is 3.43. The van der Waals surface area contributed by atoms with Crippen LogP contribution in [-0.4, -0.2) is 46.5 Å². The highest BCUT2D eigenvalue weighted by Crippen LogP contribution is 2.24. The van der Waals surface area contributed by atoms with Gasteiger partial charge in [0.05, 0.1) is 24.2 Å². The highest BCUT2D eigenvalue weighted by atomic mass is 32.2. The molecular weight excluding hydrogens is 228 g/mol. The molecule has 0 spiro atoms. The minimum atomic E-state index is -0.720.